The molecule has 1 aromatic heterocycles. The van der Waals surface area contributed by atoms with Gasteiger partial charge in [-0.15, -0.1) is 0 Å². The number of nitrogen functional groups attached to an aromatic ring is 1. The lowest BCUT2D eigenvalue weighted by atomic mass is 10.2. The van der Waals surface area contributed by atoms with Crippen molar-refractivity contribution in [2.24, 2.45) is 0 Å². The van der Waals surface area contributed by atoms with E-state index < -0.39 is 10.9 Å². The van der Waals surface area contributed by atoms with E-state index >= 15 is 0 Å². The van der Waals surface area contributed by atoms with E-state index in [0.29, 0.717) is 5.56 Å². The molecule has 0 aliphatic carbocycles. The summed E-state index contributed by atoms with van der Waals surface area (Å²) >= 11 is 6.31. The van der Waals surface area contributed by atoms with Crippen molar-refractivity contribution < 1.29 is 8.78 Å². The molecule has 0 unspecified atom stereocenters. The van der Waals surface area contributed by atoms with Gasteiger partial charge in [-0.25, -0.2) is 9.37 Å². The van der Waals surface area contributed by atoms with E-state index in [4.69, 9.17) is 17.3 Å². The normalized spacial score (nSPS) is 10.6. The van der Waals surface area contributed by atoms with Crippen LogP contribution in [0.15, 0.2) is 18.2 Å². The van der Waals surface area contributed by atoms with E-state index in [1.807, 2.05) is 0 Å². The Balaban J connectivity index is 2.54. The highest BCUT2D eigenvalue weighted by Crippen LogP contribution is 2.30. The molecule has 2 rings (SSSR count). The SMILES string of the molecule is Nc1nc(-c2ccc(F)c(Cl)c2)c(F)s1. The van der Waals surface area contributed by atoms with Gasteiger partial charge in [0.05, 0.1) is 5.02 Å². The molecule has 0 radical (unpaired) electrons. The summed E-state index contributed by atoms with van der Waals surface area (Å²) in [5, 5.41) is -0.448. The van der Waals surface area contributed by atoms with Crippen molar-refractivity contribution >= 4 is 28.1 Å². The van der Waals surface area contributed by atoms with Gasteiger partial charge in [0.15, 0.2) is 5.13 Å². The Hall–Kier alpha value is -1.20. The minimum atomic E-state index is -0.552. The third-order valence-corrected chi connectivity index (χ3v) is 2.76. The molecule has 0 saturated heterocycles. The van der Waals surface area contributed by atoms with Crippen molar-refractivity contribution in [3.8, 4) is 11.3 Å². The van der Waals surface area contributed by atoms with Crippen LogP contribution in [0.3, 0.4) is 0 Å². The van der Waals surface area contributed by atoms with E-state index in [9.17, 15) is 8.78 Å². The number of nitrogens with zero attached hydrogens (tertiary/aromatic N) is 1. The van der Waals surface area contributed by atoms with Crippen LogP contribution in [0.5, 0.6) is 0 Å². The van der Waals surface area contributed by atoms with Crippen LogP contribution in [0.4, 0.5) is 13.9 Å². The number of hydrogen-bond donors (Lipinski definition) is 1. The van der Waals surface area contributed by atoms with E-state index in [1.165, 1.54) is 12.1 Å². The topological polar surface area (TPSA) is 38.9 Å². The molecule has 78 valence electrons. The fourth-order valence-electron chi connectivity index (χ4n) is 1.14. The van der Waals surface area contributed by atoms with E-state index in [2.05, 4.69) is 4.98 Å². The standard InChI is InChI=1S/C9H5ClF2N2S/c10-5-3-4(1-2-6(5)11)7-8(12)15-9(13)14-7/h1-3H,(H2,13,14). The molecule has 0 bridgehead atoms. The molecule has 1 aromatic carbocycles. The van der Waals surface area contributed by atoms with E-state index in [1.54, 1.807) is 0 Å². The van der Waals surface area contributed by atoms with Gasteiger partial charge in [0.25, 0.3) is 0 Å². The molecule has 0 amide bonds. The van der Waals surface area contributed by atoms with Gasteiger partial charge in [0.2, 0.25) is 5.13 Å². The van der Waals surface area contributed by atoms with Crippen molar-refractivity contribution in [3.63, 3.8) is 0 Å². The summed E-state index contributed by atoms with van der Waals surface area (Å²) in [5.41, 5.74) is 5.85. The summed E-state index contributed by atoms with van der Waals surface area (Å²) in [5.74, 6) is -0.552. The summed E-state index contributed by atoms with van der Waals surface area (Å²) in [7, 11) is 0. The molecular weight excluding hydrogens is 242 g/mol. The second kappa shape index (κ2) is 3.75. The molecular formula is C9H5ClF2N2S. The number of hydrogen-bond acceptors (Lipinski definition) is 3. The predicted octanol–water partition coefficient (Wildman–Crippen LogP) is 3.32. The number of thiazole rings is 1. The van der Waals surface area contributed by atoms with Gasteiger partial charge in [0, 0.05) is 5.56 Å². The van der Waals surface area contributed by atoms with Gasteiger partial charge < -0.3 is 5.73 Å². The molecule has 0 fully saturated rings. The number of rotatable bonds is 1. The van der Waals surface area contributed by atoms with Gasteiger partial charge in [0.1, 0.15) is 11.5 Å². The quantitative estimate of drug-likeness (QED) is 0.838. The third-order valence-electron chi connectivity index (χ3n) is 1.80. The first-order valence-corrected chi connectivity index (χ1v) is 5.14. The maximum absolute atomic E-state index is 13.3. The number of benzene rings is 1. The Morgan fingerprint density at radius 1 is 1.33 bits per heavy atom. The van der Waals surface area contributed by atoms with E-state index in [-0.39, 0.29) is 15.8 Å². The average Bonchev–Trinajstić information content (AvgIpc) is 2.50. The van der Waals surface area contributed by atoms with Crippen molar-refractivity contribution in [2.45, 2.75) is 0 Å². The second-order valence-electron chi connectivity index (χ2n) is 2.80. The first-order valence-electron chi connectivity index (χ1n) is 3.95. The summed E-state index contributed by atoms with van der Waals surface area (Å²) in [4.78, 5) is 3.79. The minimum absolute atomic E-state index is 0.0709. The molecule has 15 heavy (non-hydrogen) atoms. The smallest absolute Gasteiger partial charge is 0.206 e. The highest BCUT2D eigenvalue weighted by Gasteiger charge is 2.12. The molecule has 0 spiro atoms. The Labute approximate surface area is 93.3 Å². The zero-order valence-corrected chi connectivity index (χ0v) is 8.87. The fourth-order valence-corrected chi connectivity index (χ4v) is 1.90. The number of nitrogens with two attached hydrogens (primary N) is 1. The zero-order chi connectivity index (χ0) is 11.0. The Kier molecular flexibility index (Phi) is 2.58. The summed E-state index contributed by atoms with van der Waals surface area (Å²) in [6.45, 7) is 0. The molecule has 0 saturated carbocycles. The summed E-state index contributed by atoms with van der Waals surface area (Å²) in [6.07, 6.45) is 0. The van der Waals surface area contributed by atoms with Gasteiger partial charge >= 0.3 is 0 Å². The van der Waals surface area contributed by atoms with Crippen LogP contribution in [-0.2, 0) is 0 Å². The monoisotopic (exact) mass is 246 g/mol. The van der Waals surface area contributed by atoms with Crippen molar-refractivity contribution in [1.82, 2.24) is 4.98 Å². The van der Waals surface area contributed by atoms with Crippen LogP contribution in [-0.4, -0.2) is 4.98 Å². The lowest BCUT2D eigenvalue weighted by Crippen LogP contribution is -1.85. The first-order chi connectivity index (χ1) is 7.08. The number of aromatic nitrogens is 1. The van der Waals surface area contributed by atoms with Gasteiger partial charge in [-0.1, -0.05) is 22.9 Å². The van der Waals surface area contributed by atoms with Crippen molar-refractivity contribution in [3.05, 3.63) is 34.2 Å². The lowest BCUT2D eigenvalue weighted by molar-refractivity contribution is 0.628. The molecule has 0 aliphatic rings. The van der Waals surface area contributed by atoms with Gasteiger partial charge in [-0.2, -0.15) is 4.39 Å². The molecule has 0 aliphatic heterocycles. The van der Waals surface area contributed by atoms with Gasteiger partial charge in [-0.05, 0) is 18.2 Å². The van der Waals surface area contributed by atoms with Crippen LogP contribution in [0, 0.1) is 10.9 Å². The third kappa shape index (κ3) is 1.93. The highest BCUT2D eigenvalue weighted by molar-refractivity contribution is 7.14. The Bertz CT molecular complexity index is 513. The van der Waals surface area contributed by atoms with Crippen LogP contribution in [0.1, 0.15) is 0 Å². The fraction of sp³-hybridized carbons (Fsp3) is 0. The molecule has 2 aromatic rings. The first kappa shape index (κ1) is 10.3. The lowest BCUT2D eigenvalue weighted by Gasteiger charge is -1.98. The molecule has 2 nitrogen and oxygen atoms in total. The van der Waals surface area contributed by atoms with Crippen LogP contribution in [0.2, 0.25) is 5.02 Å². The maximum Gasteiger partial charge on any atom is 0.206 e. The summed E-state index contributed by atoms with van der Waals surface area (Å²) in [6, 6.07) is 3.87. The highest BCUT2D eigenvalue weighted by atomic mass is 35.5. The van der Waals surface area contributed by atoms with Gasteiger partial charge in [-0.3, -0.25) is 0 Å². The zero-order valence-electron chi connectivity index (χ0n) is 7.30. The molecule has 6 heteroatoms. The Morgan fingerprint density at radius 3 is 2.60 bits per heavy atom. The largest absolute Gasteiger partial charge is 0.375 e. The summed E-state index contributed by atoms with van der Waals surface area (Å²) < 4.78 is 26.1. The number of halogens is 3. The van der Waals surface area contributed by atoms with Crippen LogP contribution < -0.4 is 5.73 Å². The van der Waals surface area contributed by atoms with Crippen molar-refractivity contribution in [1.29, 1.82) is 0 Å². The second-order valence-corrected chi connectivity index (χ2v) is 4.19. The molecule has 0 atom stereocenters. The number of anilines is 1. The maximum atomic E-state index is 13.3. The molecule has 1 heterocycles. The van der Waals surface area contributed by atoms with Crippen molar-refractivity contribution in [2.75, 3.05) is 5.73 Å². The molecule has 2 N–H and O–H groups in total. The minimum Gasteiger partial charge on any atom is -0.375 e. The van der Waals surface area contributed by atoms with Crippen LogP contribution >= 0.6 is 22.9 Å². The Morgan fingerprint density at radius 2 is 2.07 bits per heavy atom. The van der Waals surface area contributed by atoms with E-state index in [0.717, 1.165) is 17.4 Å². The van der Waals surface area contributed by atoms with Crippen LogP contribution in [0.25, 0.3) is 11.3 Å². The predicted molar refractivity (Wildman–Crippen MR) is 56.9 cm³/mol. The average molecular weight is 247 g/mol.